The van der Waals surface area contributed by atoms with Crippen LogP contribution in [-0.2, 0) is 11.6 Å². The van der Waals surface area contributed by atoms with E-state index in [1.165, 1.54) is 12.1 Å². The van der Waals surface area contributed by atoms with Crippen LogP contribution in [0.2, 0.25) is 0 Å². The van der Waals surface area contributed by atoms with Gasteiger partial charge in [-0.3, -0.25) is 4.79 Å². The highest BCUT2D eigenvalue weighted by atomic mass is 19.4. The van der Waals surface area contributed by atoms with Crippen molar-refractivity contribution in [1.82, 2.24) is 9.88 Å². The van der Waals surface area contributed by atoms with Crippen molar-refractivity contribution in [3.05, 3.63) is 88.6 Å². The van der Waals surface area contributed by atoms with Crippen LogP contribution >= 0.6 is 0 Å². The molecule has 0 saturated carbocycles. The molecule has 3 aromatic carbocycles. The smallest absolute Gasteiger partial charge is 0.416 e. The molecule has 0 fully saturated rings. The lowest BCUT2D eigenvalue weighted by Crippen LogP contribution is -2.30. The average molecular weight is 579 g/mol. The number of benzene rings is 3. The molecule has 0 radical (unpaired) electrons. The van der Waals surface area contributed by atoms with Crippen LogP contribution in [0.4, 0.5) is 29.3 Å². The van der Waals surface area contributed by atoms with E-state index in [4.69, 9.17) is 4.74 Å². The monoisotopic (exact) mass is 578 g/mol. The number of ketones is 1. The van der Waals surface area contributed by atoms with E-state index in [0.29, 0.717) is 34.7 Å². The first-order chi connectivity index (χ1) is 19.9. The Bertz CT molecular complexity index is 1650. The molecule has 0 aliphatic heterocycles. The van der Waals surface area contributed by atoms with Gasteiger partial charge in [0.25, 0.3) is 0 Å². The fourth-order valence-corrected chi connectivity index (χ4v) is 5.48. The van der Waals surface area contributed by atoms with Gasteiger partial charge in [-0.05, 0) is 67.2 Å². The van der Waals surface area contributed by atoms with E-state index in [1.807, 2.05) is 32.0 Å². The molecule has 1 aliphatic rings. The van der Waals surface area contributed by atoms with Crippen molar-refractivity contribution in [1.29, 1.82) is 0 Å². The number of H-pyrrole nitrogens is 1. The van der Waals surface area contributed by atoms with E-state index in [1.54, 1.807) is 18.2 Å². The Morgan fingerprint density at radius 3 is 2.38 bits per heavy atom. The highest BCUT2D eigenvalue weighted by Gasteiger charge is 2.40. The molecule has 0 atom stereocenters. The number of aromatic amines is 1. The number of fused-ring (bicyclic) bond motifs is 4. The minimum absolute atomic E-state index is 0.0141. The van der Waals surface area contributed by atoms with E-state index in [9.17, 15) is 22.8 Å². The molecule has 220 valence electrons. The predicted octanol–water partition coefficient (Wildman–Crippen LogP) is 7.42. The van der Waals surface area contributed by atoms with Gasteiger partial charge in [-0.1, -0.05) is 39.8 Å². The van der Waals surface area contributed by atoms with Gasteiger partial charge in [0, 0.05) is 45.5 Å². The first-order valence-corrected chi connectivity index (χ1v) is 13.9. The third-order valence-electron chi connectivity index (χ3n) is 7.84. The average Bonchev–Trinajstić information content (AvgIpc) is 3.34. The van der Waals surface area contributed by atoms with Crippen LogP contribution in [0.25, 0.3) is 10.9 Å². The number of likely N-dealkylation sites (N-methyl/N-ethyl adjacent to an activating group) is 1. The zero-order valence-corrected chi connectivity index (χ0v) is 23.9. The largest absolute Gasteiger partial charge is 0.492 e. The first-order valence-electron chi connectivity index (χ1n) is 13.9. The van der Waals surface area contributed by atoms with E-state index >= 15 is 0 Å². The Kier molecular flexibility index (Phi) is 7.76. The van der Waals surface area contributed by atoms with Gasteiger partial charge in [-0.25, -0.2) is 4.79 Å². The standard InChI is InChI=1S/C32H33F3N4O3/c1-5-39(6-2)14-15-42-22-11-13-23-25(18-22)31(3,4)29-27(28(23)40)24-12-10-21(17-26(24)38-29)37-30(41)36-20-9-7-8-19(16-20)32(33,34)35/h7-13,16-18,38H,5-6,14-15H2,1-4H3,(H2,36,37,41). The molecular weight excluding hydrogens is 545 g/mol. The minimum Gasteiger partial charge on any atom is -0.492 e. The topological polar surface area (TPSA) is 86.5 Å². The van der Waals surface area contributed by atoms with E-state index < -0.39 is 23.2 Å². The summed E-state index contributed by atoms with van der Waals surface area (Å²) >= 11 is 0. The summed E-state index contributed by atoms with van der Waals surface area (Å²) in [4.78, 5) is 31.9. The van der Waals surface area contributed by atoms with Crippen molar-refractivity contribution >= 4 is 34.1 Å². The third kappa shape index (κ3) is 5.59. The van der Waals surface area contributed by atoms with E-state index in [-0.39, 0.29) is 11.5 Å². The quantitative estimate of drug-likeness (QED) is 0.203. The SMILES string of the molecule is CCN(CC)CCOc1ccc2c(c1)C(C)(C)c1[nH]c3cc(NC(=O)Nc4cccc(C(F)(F)F)c4)ccc3c1C2=O. The van der Waals surface area contributed by atoms with Gasteiger partial charge < -0.3 is 25.3 Å². The Hall–Kier alpha value is -4.31. The van der Waals surface area contributed by atoms with E-state index in [0.717, 1.165) is 48.4 Å². The number of nitrogens with one attached hydrogen (secondary N) is 3. The summed E-state index contributed by atoms with van der Waals surface area (Å²) in [5.41, 5.74) is 2.52. The summed E-state index contributed by atoms with van der Waals surface area (Å²) in [5, 5.41) is 5.81. The van der Waals surface area contributed by atoms with Crippen molar-refractivity contribution in [2.24, 2.45) is 0 Å². The van der Waals surface area contributed by atoms with Crippen molar-refractivity contribution < 1.29 is 27.5 Å². The number of rotatable bonds is 8. The summed E-state index contributed by atoms with van der Waals surface area (Å²) in [7, 11) is 0. The Morgan fingerprint density at radius 2 is 1.69 bits per heavy atom. The van der Waals surface area contributed by atoms with Crippen molar-refractivity contribution in [3.8, 4) is 5.75 Å². The molecule has 0 unspecified atom stereocenters. The van der Waals surface area contributed by atoms with Crippen LogP contribution in [-0.4, -0.2) is 47.9 Å². The predicted molar refractivity (Wildman–Crippen MR) is 158 cm³/mol. The number of alkyl halides is 3. The molecule has 4 aromatic rings. The number of carbonyl (C=O) groups excluding carboxylic acids is 2. The normalized spacial score (nSPS) is 14.0. The molecule has 3 N–H and O–H groups in total. The van der Waals surface area contributed by atoms with Crippen LogP contribution in [0.15, 0.2) is 60.7 Å². The summed E-state index contributed by atoms with van der Waals surface area (Å²) in [5.74, 6) is 0.614. The number of carbonyl (C=O) groups is 2. The lowest BCUT2D eigenvalue weighted by atomic mass is 9.71. The molecular formula is C32H33F3N4O3. The number of ether oxygens (including phenoxy) is 1. The van der Waals surface area contributed by atoms with Crippen LogP contribution < -0.4 is 15.4 Å². The zero-order valence-electron chi connectivity index (χ0n) is 23.9. The van der Waals surface area contributed by atoms with Crippen LogP contribution in [0.5, 0.6) is 5.75 Å². The molecule has 1 aliphatic carbocycles. The van der Waals surface area contributed by atoms with Gasteiger partial charge in [-0.2, -0.15) is 13.2 Å². The zero-order chi connectivity index (χ0) is 30.2. The van der Waals surface area contributed by atoms with Crippen LogP contribution in [0.3, 0.4) is 0 Å². The summed E-state index contributed by atoms with van der Waals surface area (Å²) in [6, 6.07) is 14.4. The molecule has 5 rings (SSSR count). The Labute approximate surface area is 242 Å². The number of urea groups is 1. The minimum atomic E-state index is -4.52. The second-order valence-corrected chi connectivity index (χ2v) is 10.8. The highest BCUT2D eigenvalue weighted by Crippen LogP contribution is 2.45. The molecule has 0 saturated heterocycles. The maximum absolute atomic E-state index is 13.7. The molecule has 10 heteroatoms. The van der Waals surface area contributed by atoms with Gasteiger partial charge in [0.05, 0.1) is 11.1 Å². The molecule has 1 heterocycles. The lowest BCUT2D eigenvalue weighted by Gasteiger charge is -2.32. The fraction of sp³-hybridized carbons (Fsp3) is 0.312. The highest BCUT2D eigenvalue weighted by molar-refractivity contribution is 6.20. The molecule has 7 nitrogen and oxygen atoms in total. The van der Waals surface area contributed by atoms with E-state index in [2.05, 4.69) is 34.4 Å². The lowest BCUT2D eigenvalue weighted by molar-refractivity contribution is -0.137. The summed E-state index contributed by atoms with van der Waals surface area (Å²) < 4.78 is 45.1. The number of hydrogen-bond acceptors (Lipinski definition) is 4. The van der Waals surface area contributed by atoms with Gasteiger partial charge in [0.15, 0.2) is 5.78 Å². The number of aromatic nitrogens is 1. The molecule has 42 heavy (non-hydrogen) atoms. The van der Waals surface area contributed by atoms with Gasteiger partial charge in [-0.15, -0.1) is 0 Å². The second kappa shape index (κ2) is 11.2. The molecule has 0 spiro atoms. The fourth-order valence-electron chi connectivity index (χ4n) is 5.48. The molecule has 2 amide bonds. The third-order valence-corrected chi connectivity index (χ3v) is 7.84. The maximum Gasteiger partial charge on any atom is 0.416 e. The molecule has 0 bridgehead atoms. The Morgan fingerprint density at radius 1 is 0.976 bits per heavy atom. The second-order valence-electron chi connectivity index (χ2n) is 10.8. The van der Waals surface area contributed by atoms with Gasteiger partial charge in [0.1, 0.15) is 12.4 Å². The van der Waals surface area contributed by atoms with Gasteiger partial charge >= 0.3 is 12.2 Å². The number of nitrogens with zero attached hydrogens (tertiary/aromatic N) is 1. The summed E-state index contributed by atoms with van der Waals surface area (Å²) in [6.07, 6.45) is -4.52. The number of amides is 2. The van der Waals surface area contributed by atoms with Crippen molar-refractivity contribution in [3.63, 3.8) is 0 Å². The number of anilines is 2. The number of hydrogen-bond donors (Lipinski definition) is 3. The number of halogens is 3. The molecule has 1 aromatic heterocycles. The Balaban J connectivity index is 1.37. The maximum atomic E-state index is 13.7. The van der Waals surface area contributed by atoms with Crippen LogP contribution in [0, 0.1) is 0 Å². The van der Waals surface area contributed by atoms with Crippen molar-refractivity contribution in [2.75, 3.05) is 36.9 Å². The summed E-state index contributed by atoms with van der Waals surface area (Å²) in [6.45, 7) is 11.6. The van der Waals surface area contributed by atoms with Crippen LogP contribution in [0.1, 0.15) is 60.4 Å². The first kappa shape index (κ1) is 29.2. The van der Waals surface area contributed by atoms with Crippen molar-refractivity contribution in [2.45, 2.75) is 39.3 Å². The van der Waals surface area contributed by atoms with Gasteiger partial charge in [0.2, 0.25) is 0 Å².